The van der Waals surface area contributed by atoms with E-state index in [1.165, 1.54) is 0 Å². The standard InChI is InChI=1S/C32H40N2O5S/c1-6-15-33(23-14-13-21-11-9-10-12-22(21)17-23)30(37)28-32-20(5)16-25(40-32)26(31(38)39-8-3)27(32)29(36)34(28)24(18-35)19(4)7-2/h6,9-14,17,19-20,24-28,35H,1,7-8,15-16,18H2,2-5H3/t19-,20?,24-,25+,26-,27-,28?,32?/m0/s1. The molecule has 7 nitrogen and oxygen atoms in total. The van der Waals surface area contributed by atoms with Crippen LogP contribution < -0.4 is 4.90 Å². The van der Waals surface area contributed by atoms with E-state index in [1.54, 1.807) is 34.6 Å². The van der Waals surface area contributed by atoms with Crippen molar-refractivity contribution in [1.29, 1.82) is 0 Å². The molecule has 3 heterocycles. The highest BCUT2D eigenvalue weighted by Crippen LogP contribution is 2.69. The molecular weight excluding hydrogens is 524 g/mol. The summed E-state index contributed by atoms with van der Waals surface area (Å²) in [6.07, 6.45) is 3.17. The molecule has 0 saturated carbocycles. The lowest BCUT2D eigenvalue weighted by Gasteiger charge is -2.43. The third kappa shape index (κ3) is 4.26. The maximum absolute atomic E-state index is 14.9. The number of nitrogens with zero attached hydrogens (tertiary/aromatic N) is 2. The second-order valence-electron chi connectivity index (χ2n) is 11.5. The van der Waals surface area contributed by atoms with Crippen molar-refractivity contribution in [2.75, 3.05) is 24.7 Å². The van der Waals surface area contributed by atoms with Gasteiger partial charge in [0.1, 0.15) is 6.04 Å². The van der Waals surface area contributed by atoms with Gasteiger partial charge in [0, 0.05) is 17.5 Å². The number of hydrogen-bond donors (Lipinski definition) is 1. The first-order chi connectivity index (χ1) is 19.2. The van der Waals surface area contributed by atoms with E-state index in [0.717, 1.165) is 29.3 Å². The maximum Gasteiger partial charge on any atom is 0.310 e. The minimum absolute atomic E-state index is 0.0273. The lowest BCUT2D eigenvalue weighted by Crippen LogP contribution is -2.60. The zero-order valence-electron chi connectivity index (χ0n) is 23.8. The largest absolute Gasteiger partial charge is 0.466 e. The number of amides is 2. The van der Waals surface area contributed by atoms with Crippen molar-refractivity contribution in [3.05, 3.63) is 55.1 Å². The Morgan fingerprint density at radius 2 is 1.98 bits per heavy atom. The average Bonchev–Trinajstić information content (AvgIpc) is 3.55. The van der Waals surface area contributed by atoms with E-state index in [0.29, 0.717) is 0 Å². The molecule has 214 valence electrons. The fourth-order valence-corrected chi connectivity index (χ4v) is 9.75. The lowest BCUT2D eigenvalue weighted by molar-refractivity contribution is -0.154. The third-order valence-corrected chi connectivity index (χ3v) is 11.5. The Morgan fingerprint density at radius 3 is 2.62 bits per heavy atom. The number of fused-ring (bicyclic) bond motifs is 2. The topological polar surface area (TPSA) is 87.2 Å². The summed E-state index contributed by atoms with van der Waals surface area (Å²) in [7, 11) is 0. The molecule has 0 radical (unpaired) electrons. The van der Waals surface area contributed by atoms with Gasteiger partial charge < -0.3 is 19.6 Å². The normalized spacial score (nSPS) is 30.3. The summed E-state index contributed by atoms with van der Waals surface area (Å²) in [6.45, 7) is 12.1. The van der Waals surface area contributed by atoms with Crippen molar-refractivity contribution in [2.24, 2.45) is 23.7 Å². The van der Waals surface area contributed by atoms with Gasteiger partial charge in [0.2, 0.25) is 5.91 Å². The smallest absolute Gasteiger partial charge is 0.310 e. The van der Waals surface area contributed by atoms with Gasteiger partial charge in [-0.3, -0.25) is 14.4 Å². The molecule has 3 unspecified atom stereocenters. The SMILES string of the molecule is C=CCN(C(=O)C1N([C@@H](CO)[C@@H](C)CC)C(=O)[C@@H]2[C@@H](C(=O)OCC)[C@H]3CC(C)C12S3)c1ccc2ccccc2c1. The molecule has 8 atom stereocenters. The Hall–Kier alpha value is -2.84. The molecule has 3 fully saturated rings. The summed E-state index contributed by atoms with van der Waals surface area (Å²) in [4.78, 5) is 46.0. The number of anilines is 1. The van der Waals surface area contributed by atoms with Crippen LogP contribution in [0, 0.1) is 23.7 Å². The number of aliphatic hydroxyl groups excluding tert-OH is 1. The highest BCUT2D eigenvalue weighted by molar-refractivity contribution is 8.02. The van der Waals surface area contributed by atoms with Gasteiger partial charge in [0.15, 0.2) is 0 Å². The predicted molar refractivity (Wildman–Crippen MR) is 159 cm³/mol. The van der Waals surface area contributed by atoms with Crippen molar-refractivity contribution in [2.45, 2.75) is 62.6 Å². The Morgan fingerprint density at radius 1 is 1.25 bits per heavy atom. The first-order valence-electron chi connectivity index (χ1n) is 14.4. The summed E-state index contributed by atoms with van der Waals surface area (Å²) >= 11 is 1.63. The van der Waals surface area contributed by atoms with Gasteiger partial charge in [0.25, 0.3) is 5.91 Å². The van der Waals surface area contributed by atoms with Crippen LogP contribution in [-0.2, 0) is 19.1 Å². The van der Waals surface area contributed by atoms with E-state index in [2.05, 4.69) is 13.5 Å². The maximum atomic E-state index is 14.9. The molecule has 0 aliphatic carbocycles. The minimum Gasteiger partial charge on any atom is -0.466 e. The van der Waals surface area contributed by atoms with Crippen LogP contribution in [0.5, 0.6) is 0 Å². The number of ether oxygens (including phenoxy) is 1. The molecule has 2 aromatic carbocycles. The van der Waals surface area contributed by atoms with Crippen LogP contribution in [0.2, 0.25) is 0 Å². The second kappa shape index (κ2) is 11.2. The molecule has 2 bridgehead atoms. The molecule has 3 aliphatic rings. The number of rotatable bonds is 10. The number of thioether (sulfide) groups is 1. The van der Waals surface area contributed by atoms with Crippen LogP contribution in [0.4, 0.5) is 5.69 Å². The van der Waals surface area contributed by atoms with E-state index in [-0.39, 0.29) is 54.6 Å². The van der Waals surface area contributed by atoms with Gasteiger partial charge in [-0.1, -0.05) is 63.6 Å². The van der Waals surface area contributed by atoms with Crippen molar-refractivity contribution in [1.82, 2.24) is 4.90 Å². The van der Waals surface area contributed by atoms with Crippen molar-refractivity contribution in [3.8, 4) is 0 Å². The van der Waals surface area contributed by atoms with Crippen molar-refractivity contribution < 1.29 is 24.2 Å². The summed E-state index contributed by atoms with van der Waals surface area (Å²) < 4.78 is 4.68. The summed E-state index contributed by atoms with van der Waals surface area (Å²) in [5.74, 6) is -2.04. The fraction of sp³-hybridized carbons (Fsp3) is 0.531. The van der Waals surface area contributed by atoms with Crippen LogP contribution >= 0.6 is 11.8 Å². The van der Waals surface area contributed by atoms with Gasteiger partial charge in [-0.15, -0.1) is 18.3 Å². The van der Waals surface area contributed by atoms with Crippen molar-refractivity contribution >= 4 is 46.0 Å². The van der Waals surface area contributed by atoms with Crippen LogP contribution in [0.25, 0.3) is 10.8 Å². The third-order valence-electron chi connectivity index (χ3n) is 9.44. The monoisotopic (exact) mass is 564 g/mol. The predicted octanol–water partition coefficient (Wildman–Crippen LogP) is 4.67. The molecule has 5 rings (SSSR count). The van der Waals surface area contributed by atoms with Gasteiger partial charge >= 0.3 is 5.97 Å². The van der Waals surface area contributed by atoms with Crippen LogP contribution in [0.15, 0.2) is 55.1 Å². The van der Waals surface area contributed by atoms with Gasteiger partial charge in [-0.05, 0) is 48.1 Å². The molecule has 1 N–H and O–H groups in total. The van der Waals surface area contributed by atoms with E-state index < -0.39 is 28.7 Å². The summed E-state index contributed by atoms with van der Waals surface area (Å²) in [6, 6.07) is 12.6. The molecule has 40 heavy (non-hydrogen) atoms. The van der Waals surface area contributed by atoms with Crippen LogP contribution in [-0.4, -0.2) is 69.6 Å². The molecule has 3 saturated heterocycles. The highest BCUT2D eigenvalue weighted by Gasteiger charge is 2.77. The van der Waals surface area contributed by atoms with E-state index in [9.17, 15) is 19.5 Å². The first-order valence-corrected chi connectivity index (χ1v) is 15.3. The number of carbonyl (C=O) groups excluding carboxylic acids is 3. The van der Waals surface area contributed by atoms with E-state index in [4.69, 9.17) is 4.74 Å². The van der Waals surface area contributed by atoms with E-state index >= 15 is 0 Å². The van der Waals surface area contributed by atoms with Crippen LogP contribution in [0.1, 0.15) is 40.5 Å². The Bertz CT molecular complexity index is 1320. The Kier molecular flexibility index (Phi) is 8.03. The zero-order chi connectivity index (χ0) is 28.8. The number of likely N-dealkylation sites (tertiary alicyclic amines) is 1. The minimum atomic E-state index is -0.827. The second-order valence-corrected chi connectivity index (χ2v) is 13.0. The molecule has 2 aromatic rings. The molecule has 2 amide bonds. The van der Waals surface area contributed by atoms with E-state index in [1.807, 2.05) is 56.3 Å². The van der Waals surface area contributed by atoms with Gasteiger partial charge in [-0.25, -0.2) is 0 Å². The number of carbonyl (C=O) groups is 3. The molecule has 0 aromatic heterocycles. The Labute approximate surface area is 240 Å². The van der Waals surface area contributed by atoms with Gasteiger partial charge in [-0.2, -0.15) is 0 Å². The number of aliphatic hydroxyl groups is 1. The number of benzene rings is 2. The molecule has 8 heteroatoms. The highest BCUT2D eigenvalue weighted by atomic mass is 32.2. The summed E-state index contributed by atoms with van der Waals surface area (Å²) in [5, 5.41) is 12.6. The fourth-order valence-electron chi connectivity index (χ4n) is 7.36. The zero-order valence-corrected chi connectivity index (χ0v) is 24.6. The Balaban J connectivity index is 1.65. The molecular formula is C32H40N2O5S. The quantitative estimate of drug-likeness (QED) is 0.334. The average molecular weight is 565 g/mol. The lowest BCUT2D eigenvalue weighted by atomic mass is 9.66. The van der Waals surface area contributed by atoms with Gasteiger partial charge in [0.05, 0.1) is 35.8 Å². The number of hydrogen-bond acceptors (Lipinski definition) is 6. The molecule has 3 aliphatic heterocycles. The number of esters is 1. The first kappa shape index (κ1) is 28.7. The van der Waals surface area contributed by atoms with Crippen molar-refractivity contribution in [3.63, 3.8) is 0 Å². The molecule has 1 spiro atoms. The summed E-state index contributed by atoms with van der Waals surface area (Å²) in [5.41, 5.74) is 0.729. The van der Waals surface area contributed by atoms with Crippen LogP contribution in [0.3, 0.4) is 0 Å².